The fourth-order valence-electron chi connectivity index (χ4n) is 2.98. The molecule has 2 heteroatoms. The largest absolute Gasteiger partial charge is 0.299 e. The summed E-state index contributed by atoms with van der Waals surface area (Å²) < 4.78 is 0. The molecule has 0 heterocycles. The van der Waals surface area contributed by atoms with E-state index < -0.39 is 0 Å². The van der Waals surface area contributed by atoms with E-state index in [4.69, 9.17) is 0 Å². The minimum Gasteiger partial charge on any atom is -0.299 e. The highest BCUT2D eigenvalue weighted by atomic mass is 16.1. The van der Waals surface area contributed by atoms with Gasteiger partial charge in [0.05, 0.1) is 6.04 Å². The van der Waals surface area contributed by atoms with Crippen molar-refractivity contribution in [3.05, 3.63) is 83.9 Å². The molecular formula is C21H21NO. The lowest BCUT2D eigenvalue weighted by Gasteiger charge is -2.24. The van der Waals surface area contributed by atoms with Crippen LogP contribution >= 0.6 is 0 Å². The van der Waals surface area contributed by atoms with Gasteiger partial charge in [0.2, 0.25) is 0 Å². The van der Waals surface area contributed by atoms with E-state index >= 15 is 0 Å². The predicted molar refractivity (Wildman–Crippen MR) is 95.9 cm³/mol. The van der Waals surface area contributed by atoms with Gasteiger partial charge in [-0.1, -0.05) is 72.8 Å². The zero-order chi connectivity index (χ0) is 16.2. The molecule has 0 aliphatic rings. The Morgan fingerprint density at radius 3 is 2.26 bits per heavy atom. The van der Waals surface area contributed by atoms with Gasteiger partial charge in [-0.2, -0.15) is 0 Å². The summed E-state index contributed by atoms with van der Waals surface area (Å²) in [5.41, 5.74) is 1.98. The number of hydrogen-bond acceptors (Lipinski definition) is 2. The van der Waals surface area contributed by atoms with Gasteiger partial charge in [0.25, 0.3) is 0 Å². The number of benzene rings is 3. The molecule has 1 atom stereocenters. The van der Waals surface area contributed by atoms with E-state index in [0.717, 1.165) is 5.56 Å². The molecule has 0 saturated carbocycles. The Balaban J connectivity index is 1.95. The minimum atomic E-state index is -0.164. The van der Waals surface area contributed by atoms with Crippen LogP contribution in [-0.2, 0) is 6.42 Å². The highest BCUT2D eigenvalue weighted by molar-refractivity contribution is 6.00. The van der Waals surface area contributed by atoms with E-state index in [2.05, 4.69) is 36.4 Å². The molecule has 0 amide bonds. The van der Waals surface area contributed by atoms with Crippen molar-refractivity contribution in [1.29, 1.82) is 0 Å². The van der Waals surface area contributed by atoms with Crippen LogP contribution in [0.3, 0.4) is 0 Å². The van der Waals surface area contributed by atoms with E-state index in [9.17, 15) is 4.79 Å². The quantitative estimate of drug-likeness (QED) is 0.659. The Hall–Kier alpha value is -2.45. The van der Waals surface area contributed by atoms with Crippen molar-refractivity contribution in [2.45, 2.75) is 12.5 Å². The number of nitrogens with zero attached hydrogens (tertiary/aromatic N) is 1. The van der Waals surface area contributed by atoms with Gasteiger partial charge >= 0.3 is 0 Å². The first-order valence-electron chi connectivity index (χ1n) is 7.89. The number of carbonyl (C=O) groups excluding carboxylic acids is 1. The van der Waals surface area contributed by atoms with Crippen LogP contribution < -0.4 is 0 Å². The fourth-order valence-corrected chi connectivity index (χ4v) is 2.98. The van der Waals surface area contributed by atoms with Crippen LogP contribution in [-0.4, -0.2) is 30.8 Å². The standard InChI is InChI=1S/C21H21NO/c1-22(2)20(21(23)17-10-4-3-5-11-17)15-18-13-8-12-16-9-6-7-14-19(16)18/h3-14,20H,15H2,1-2H3. The van der Waals surface area contributed by atoms with Crippen molar-refractivity contribution in [1.82, 2.24) is 4.90 Å². The maximum Gasteiger partial charge on any atom is 0.180 e. The van der Waals surface area contributed by atoms with Gasteiger partial charge in [-0.25, -0.2) is 0 Å². The molecule has 0 spiro atoms. The van der Waals surface area contributed by atoms with E-state index in [1.54, 1.807) is 0 Å². The van der Waals surface area contributed by atoms with Gasteiger partial charge in [-0.15, -0.1) is 0 Å². The summed E-state index contributed by atoms with van der Waals surface area (Å²) in [4.78, 5) is 14.9. The van der Waals surface area contributed by atoms with Crippen molar-refractivity contribution in [2.24, 2.45) is 0 Å². The summed E-state index contributed by atoms with van der Waals surface area (Å²) in [6, 6.07) is 24.0. The summed E-state index contributed by atoms with van der Waals surface area (Å²) in [5.74, 6) is 0.170. The third-order valence-electron chi connectivity index (χ3n) is 4.28. The first kappa shape index (κ1) is 15.4. The van der Waals surface area contributed by atoms with Gasteiger partial charge < -0.3 is 0 Å². The van der Waals surface area contributed by atoms with Crippen molar-refractivity contribution >= 4 is 16.6 Å². The molecule has 0 fully saturated rings. The highest BCUT2D eigenvalue weighted by Crippen LogP contribution is 2.22. The van der Waals surface area contributed by atoms with Crippen molar-refractivity contribution in [2.75, 3.05) is 14.1 Å². The number of fused-ring (bicyclic) bond motifs is 1. The molecule has 1 unspecified atom stereocenters. The van der Waals surface area contributed by atoms with E-state index in [1.165, 1.54) is 16.3 Å². The van der Waals surface area contributed by atoms with Gasteiger partial charge in [0.15, 0.2) is 5.78 Å². The van der Waals surface area contributed by atoms with Crippen LogP contribution in [0.15, 0.2) is 72.8 Å². The fraction of sp³-hybridized carbons (Fsp3) is 0.190. The first-order chi connectivity index (χ1) is 11.2. The van der Waals surface area contributed by atoms with Gasteiger partial charge in [-0.3, -0.25) is 9.69 Å². The van der Waals surface area contributed by atoms with Crippen molar-refractivity contribution in [3.63, 3.8) is 0 Å². The number of Topliss-reactive ketones (excluding diaryl/α,β-unsaturated/α-hetero) is 1. The van der Waals surface area contributed by atoms with Crippen LogP contribution in [0, 0.1) is 0 Å². The van der Waals surface area contributed by atoms with E-state index in [0.29, 0.717) is 6.42 Å². The SMILES string of the molecule is CN(C)C(Cc1cccc2ccccc12)C(=O)c1ccccc1. The lowest BCUT2D eigenvalue weighted by molar-refractivity contribution is 0.0875. The lowest BCUT2D eigenvalue weighted by Crippen LogP contribution is -2.37. The average molecular weight is 303 g/mol. The van der Waals surface area contributed by atoms with Crippen LogP contribution in [0.25, 0.3) is 10.8 Å². The molecule has 0 aromatic heterocycles. The smallest absolute Gasteiger partial charge is 0.180 e. The summed E-state index contributed by atoms with van der Waals surface area (Å²) in [6.45, 7) is 0. The molecule has 116 valence electrons. The first-order valence-corrected chi connectivity index (χ1v) is 7.89. The van der Waals surface area contributed by atoms with Crippen molar-refractivity contribution < 1.29 is 4.79 Å². The zero-order valence-corrected chi connectivity index (χ0v) is 13.6. The normalized spacial score (nSPS) is 12.5. The summed E-state index contributed by atoms with van der Waals surface area (Å²) in [5, 5.41) is 2.44. The summed E-state index contributed by atoms with van der Waals surface area (Å²) in [7, 11) is 3.94. The molecule has 3 aromatic carbocycles. The Bertz CT molecular complexity index is 803. The van der Waals surface area contributed by atoms with Crippen LogP contribution in [0.1, 0.15) is 15.9 Å². The third kappa shape index (κ3) is 3.33. The minimum absolute atomic E-state index is 0.164. The van der Waals surface area contributed by atoms with Crippen LogP contribution in [0.4, 0.5) is 0 Å². The predicted octanol–water partition coefficient (Wildman–Crippen LogP) is 4.20. The molecule has 2 nitrogen and oxygen atoms in total. The third-order valence-corrected chi connectivity index (χ3v) is 4.28. The van der Waals surface area contributed by atoms with Gasteiger partial charge in [0.1, 0.15) is 0 Å². The second-order valence-corrected chi connectivity index (χ2v) is 6.05. The molecule has 0 bridgehead atoms. The van der Waals surface area contributed by atoms with E-state index in [1.807, 2.05) is 55.4 Å². The summed E-state index contributed by atoms with van der Waals surface area (Å²) >= 11 is 0. The Kier molecular flexibility index (Phi) is 4.54. The number of ketones is 1. The number of carbonyl (C=O) groups is 1. The van der Waals surface area contributed by atoms with Crippen LogP contribution in [0.2, 0.25) is 0 Å². The molecule has 3 aromatic rings. The topological polar surface area (TPSA) is 20.3 Å². The Labute approximate surface area is 137 Å². The molecule has 0 saturated heterocycles. The lowest BCUT2D eigenvalue weighted by atomic mass is 9.94. The molecular weight excluding hydrogens is 282 g/mol. The second kappa shape index (κ2) is 6.76. The zero-order valence-electron chi connectivity index (χ0n) is 13.6. The Morgan fingerprint density at radius 2 is 1.52 bits per heavy atom. The second-order valence-electron chi connectivity index (χ2n) is 6.05. The van der Waals surface area contributed by atoms with Gasteiger partial charge in [0, 0.05) is 5.56 Å². The molecule has 0 aliphatic carbocycles. The highest BCUT2D eigenvalue weighted by Gasteiger charge is 2.23. The molecule has 0 N–H and O–H groups in total. The maximum absolute atomic E-state index is 12.9. The average Bonchev–Trinajstić information content (AvgIpc) is 2.59. The number of hydrogen-bond donors (Lipinski definition) is 0. The van der Waals surface area contributed by atoms with Gasteiger partial charge in [-0.05, 0) is 36.9 Å². The Morgan fingerprint density at radius 1 is 0.870 bits per heavy atom. The number of rotatable bonds is 5. The number of likely N-dealkylation sites (N-methyl/N-ethyl adjacent to an activating group) is 1. The van der Waals surface area contributed by atoms with E-state index in [-0.39, 0.29) is 11.8 Å². The molecule has 0 aliphatic heterocycles. The molecule has 23 heavy (non-hydrogen) atoms. The van der Waals surface area contributed by atoms with Crippen molar-refractivity contribution in [3.8, 4) is 0 Å². The molecule has 3 rings (SSSR count). The summed E-state index contributed by atoms with van der Waals surface area (Å²) in [6.07, 6.45) is 0.710. The monoisotopic (exact) mass is 303 g/mol. The van der Waals surface area contributed by atoms with Crippen LogP contribution in [0.5, 0.6) is 0 Å². The molecule has 0 radical (unpaired) electrons. The maximum atomic E-state index is 12.9.